The lowest BCUT2D eigenvalue weighted by molar-refractivity contribution is 0.155. The van der Waals surface area contributed by atoms with Crippen molar-refractivity contribution < 1.29 is 14.6 Å². The maximum atomic E-state index is 10.9. The number of rotatable bonds is 10. The van der Waals surface area contributed by atoms with E-state index in [1.165, 1.54) is 0 Å². The number of methoxy groups -OCH3 is 2. The third-order valence-electron chi connectivity index (χ3n) is 5.66. The fraction of sp³-hybridized carbons (Fsp3) is 0.435. The topological polar surface area (TPSA) is 75.6 Å². The minimum Gasteiger partial charge on any atom is -0.493 e. The zero-order valence-electron chi connectivity index (χ0n) is 18.3. The largest absolute Gasteiger partial charge is 0.493 e. The molecule has 0 spiro atoms. The number of likely N-dealkylation sites (N-methyl/N-ethyl adjacent to an activating group) is 1. The van der Waals surface area contributed by atoms with Gasteiger partial charge in [0.1, 0.15) is 0 Å². The molecule has 3 aromatic rings. The van der Waals surface area contributed by atoms with Gasteiger partial charge in [-0.1, -0.05) is 32.0 Å². The van der Waals surface area contributed by atoms with E-state index in [1.807, 2.05) is 39.5 Å². The van der Waals surface area contributed by atoms with Crippen LogP contribution in [-0.4, -0.2) is 53.0 Å². The predicted molar refractivity (Wildman–Crippen MR) is 118 cm³/mol. The van der Waals surface area contributed by atoms with Crippen LogP contribution < -0.4 is 15.1 Å². The molecule has 30 heavy (non-hydrogen) atoms. The average Bonchev–Trinajstić information content (AvgIpc) is 3.05. The smallest absolute Gasteiger partial charge is 0.203 e. The molecule has 0 saturated heterocycles. The second-order valence-corrected chi connectivity index (χ2v) is 7.23. The van der Waals surface area contributed by atoms with Gasteiger partial charge in [0.2, 0.25) is 5.62 Å². The van der Waals surface area contributed by atoms with E-state index in [2.05, 4.69) is 18.7 Å². The lowest BCUT2D eigenvalue weighted by atomic mass is 10.1. The van der Waals surface area contributed by atoms with Crippen LogP contribution >= 0.6 is 0 Å². The van der Waals surface area contributed by atoms with Crippen LogP contribution in [-0.2, 0) is 13.1 Å². The van der Waals surface area contributed by atoms with Crippen molar-refractivity contribution in [3.63, 3.8) is 0 Å². The fourth-order valence-electron chi connectivity index (χ4n) is 3.83. The number of aliphatic hydroxyl groups excluding tert-OH is 1. The SMILES string of the molecule is CCN(CC)CCn1c(=N)n(C[C@@H](O)c2ccc(OC)c(OC)c2)c2ccccc21. The van der Waals surface area contributed by atoms with Crippen LogP contribution in [0.2, 0.25) is 0 Å². The molecule has 0 radical (unpaired) electrons. The second-order valence-electron chi connectivity index (χ2n) is 7.23. The van der Waals surface area contributed by atoms with Crippen LogP contribution in [0.25, 0.3) is 11.0 Å². The number of hydrogen-bond acceptors (Lipinski definition) is 5. The highest BCUT2D eigenvalue weighted by Crippen LogP contribution is 2.30. The molecule has 162 valence electrons. The molecule has 2 aromatic carbocycles. The van der Waals surface area contributed by atoms with E-state index < -0.39 is 6.10 Å². The number of nitrogens with one attached hydrogen (secondary N) is 1. The Hall–Kier alpha value is -2.77. The van der Waals surface area contributed by atoms with E-state index in [-0.39, 0.29) is 6.54 Å². The number of aliphatic hydroxyl groups is 1. The number of imidazole rings is 1. The molecule has 1 atom stereocenters. The molecule has 0 aliphatic rings. The highest BCUT2D eigenvalue weighted by molar-refractivity contribution is 5.75. The number of benzene rings is 2. The molecular formula is C23H32N4O3. The van der Waals surface area contributed by atoms with Crippen LogP contribution in [0.15, 0.2) is 42.5 Å². The summed E-state index contributed by atoms with van der Waals surface area (Å²) < 4.78 is 14.5. The van der Waals surface area contributed by atoms with Crippen molar-refractivity contribution in [3.8, 4) is 11.5 Å². The molecule has 1 aromatic heterocycles. The van der Waals surface area contributed by atoms with E-state index in [9.17, 15) is 5.11 Å². The Morgan fingerprint density at radius 2 is 1.60 bits per heavy atom. The number of ether oxygens (including phenoxy) is 2. The second kappa shape index (κ2) is 9.82. The lowest BCUT2D eigenvalue weighted by Crippen LogP contribution is -2.32. The van der Waals surface area contributed by atoms with Crippen LogP contribution in [0.5, 0.6) is 11.5 Å². The number of para-hydroxylation sites is 2. The van der Waals surface area contributed by atoms with Gasteiger partial charge in [-0.15, -0.1) is 0 Å². The van der Waals surface area contributed by atoms with Gasteiger partial charge in [0.05, 0.1) is 37.9 Å². The van der Waals surface area contributed by atoms with Gasteiger partial charge in [-0.3, -0.25) is 5.41 Å². The Bertz CT molecular complexity index is 1040. The highest BCUT2D eigenvalue weighted by atomic mass is 16.5. The molecule has 1 heterocycles. The Kier molecular flexibility index (Phi) is 7.18. The van der Waals surface area contributed by atoms with Gasteiger partial charge < -0.3 is 28.6 Å². The maximum absolute atomic E-state index is 10.9. The fourth-order valence-corrected chi connectivity index (χ4v) is 3.83. The number of nitrogens with zero attached hydrogens (tertiary/aromatic N) is 3. The summed E-state index contributed by atoms with van der Waals surface area (Å²) >= 11 is 0. The summed E-state index contributed by atoms with van der Waals surface area (Å²) in [4.78, 5) is 2.34. The molecule has 3 rings (SSSR count). The van der Waals surface area contributed by atoms with Gasteiger partial charge >= 0.3 is 0 Å². The van der Waals surface area contributed by atoms with E-state index in [4.69, 9.17) is 14.9 Å². The molecule has 0 fully saturated rings. The summed E-state index contributed by atoms with van der Waals surface area (Å²) in [5.41, 5.74) is 3.07. The minimum absolute atomic E-state index is 0.285. The van der Waals surface area contributed by atoms with Gasteiger partial charge in [-0.2, -0.15) is 0 Å². The van der Waals surface area contributed by atoms with Crippen LogP contribution in [0.3, 0.4) is 0 Å². The van der Waals surface area contributed by atoms with Gasteiger partial charge in [0.15, 0.2) is 11.5 Å². The lowest BCUT2D eigenvalue weighted by Gasteiger charge is -2.18. The van der Waals surface area contributed by atoms with Crippen molar-refractivity contribution in [1.29, 1.82) is 5.41 Å². The predicted octanol–water partition coefficient (Wildman–Crippen LogP) is 3.01. The summed E-state index contributed by atoms with van der Waals surface area (Å²) in [7, 11) is 3.16. The summed E-state index contributed by atoms with van der Waals surface area (Å²) in [6.45, 7) is 8.18. The quantitative estimate of drug-likeness (QED) is 0.537. The van der Waals surface area contributed by atoms with E-state index in [0.29, 0.717) is 17.1 Å². The van der Waals surface area contributed by atoms with Crippen LogP contribution in [0.4, 0.5) is 0 Å². The van der Waals surface area contributed by atoms with Crippen LogP contribution in [0, 0.1) is 5.41 Å². The molecule has 0 unspecified atom stereocenters. The van der Waals surface area contributed by atoms with Crippen molar-refractivity contribution in [3.05, 3.63) is 53.6 Å². The third-order valence-corrected chi connectivity index (χ3v) is 5.66. The molecule has 7 nitrogen and oxygen atoms in total. The van der Waals surface area contributed by atoms with E-state index >= 15 is 0 Å². The number of fused-ring (bicyclic) bond motifs is 1. The minimum atomic E-state index is -0.777. The summed E-state index contributed by atoms with van der Waals surface area (Å²) in [5, 5.41) is 19.7. The zero-order chi connectivity index (χ0) is 21.7. The van der Waals surface area contributed by atoms with Crippen LogP contribution in [0.1, 0.15) is 25.5 Å². The van der Waals surface area contributed by atoms with E-state index in [0.717, 1.165) is 42.8 Å². The number of hydrogen-bond donors (Lipinski definition) is 2. The Balaban J connectivity index is 1.92. The molecule has 0 bridgehead atoms. The van der Waals surface area contributed by atoms with Crippen molar-refractivity contribution in [1.82, 2.24) is 14.0 Å². The Labute approximate surface area is 177 Å². The Morgan fingerprint density at radius 1 is 0.967 bits per heavy atom. The monoisotopic (exact) mass is 412 g/mol. The summed E-state index contributed by atoms with van der Waals surface area (Å²) in [6, 6.07) is 13.4. The first kappa shape index (κ1) is 21.9. The first-order chi connectivity index (χ1) is 14.5. The van der Waals surface area contributed by atoms with Crippen molar-refractivity contribution in [2.45, 2.75) is 33.0 Å². The maximum Gasteiger partial charge on any atom is 0.203 e. The Morgan fingerprint density at radius 3 is 2.20 bits per heavy atom. The van der Waals surface area contributed by atoms with Gasteiger partial charge in [0, 0.05) is 13.1 Å². The third kappa shape index (κ3) is 4.37. The summed E-state index contributed by atoms with van der Waals surface area (Å²) in [5.74, 6) is 1.20. The molecule has 0 amide bonds. The molecule has 7 heteroatoms. The summed E-state index contributed by atoms with van der Waals surface area (Å²) in [6.07, 6.45) is -0.777. The van der Waals surface area contributed by atoms with E-state index in [1.54, 1.807) is 26.4 Å². The molecule has 0 aliphatic carbocycles. The standard InChI is InChI=1S/C23H32N4O3/c1-5-25(6-2)13-14-26-18-9-7-8-10-19(18)27(23(26)24)16-20(28)17-11-12-21(29-3)22(15-17)30-4/h7-12,15,20,24,28H,5-6,13-14,16H2,1-4H3/t20-/m1/s1. The number of aromatic nitrogens is 2. The molecule has 0 saturated carbocycles. The molecular weight excluding hydrogens is 380 g/mol. The molecule has 2 N–H and O–H groups in total. The van der Waals surface area contributed by atoms with Gasteiger partial charge in [0.25, 0.3) is 0 Å². The normalized spacial score (nSPS) is 12.5. The van der Waals surface area contributed by atoms with Crippen molar-refractivity contribution in [2.24, 2.45) is 0 Å². The average molecular weight is 413 g/mol. The highest BCUT2D eigenvalue weighted by Gasteiger charge is 2.17. The van der Waals surface area contributed by atoms with Gasteiger partial charge in [-0.05, 0) is 42.9 Å². The first-order valence-corrected chi connectivity index (χ1v) is 10.4. The van der Waals surface area contributed by atoms with Gasteiger partial charge in [-0.25, -0.2) is 0 Å². The first-order valence-electron chi connectivity index (χ1n) is 10.4. The molecule has 0 aliphatic heterocycles. The van der Waals surface area contributed by atoms with Crippen molar-refractivity contribution in [2.75, 3.05) is 33.9 Å². The van der Waals surface area contributed by atoms with Crippen molar-refractivity contribution >= 4 is 11.0 Å². The zero-order valence-corrected chi connectivity index (χ0v) is 18.3.